The third-order valence-electron chi connectivity index (χ3n) is 6.48. The average molecular weight is 250 g/mol. The molecule has 4 rings (SSSR count). The highest BCUT2D eigenvalue weighted by atomic mass is 14.8. The number of fused-ring (bicyclic) bond motifs is 2. The Morgan fingerprint density at radius 2 is 2.05 bits per heavy atom. The molecule has 4 aliphatic carbocycles. The molecule has 0 bridgehead atoms. The van der Waals surface area contributed by atoms with Gasteiger partial charge in [-0.25, -0.2) is 0 Å². The topological polar surface area (TPSA) is 0 Å². The highest BCUT2D eigenvalue weighted by Crippen LogP contribution is 2.81. The van der Waals surface area contributed by atoms with Crippen LogP contribution in [-0.4, -0.2) is 0 Å². The Bertz CT molecular complexity index is 565. The molecule has 3 saturated carbocycles. The third kappa shape index (κ3) is 1.33. The molecule has 0 amide bonds. The molecule has 3 fully saturated rings. The molecule has 0 aromatic heterocycles. The van der Waals surface area contributed by atoms with E-state index in [1.54, 1.807) is 0 Å². The molecule has 0 saturated heterocycles. The van der Waals surface area contributed by atoms with Crippen molar-refractivity contribution < 1.29 is 0 Å². The molecule has 0 aromatic carbocycles. The van der Waals surface area contributed by atoms with E-state index in [4.69, 9.17) is 0 Å². The molecule has 0 spiro atoms. The van der Waals surface area contributed by atoms with E-state index >= 15 is 0 Å². The largest absolute Gasteiger partial charge is 0.103 e. The molecule has 4 aliphatic rings. The van der Waals surface area contributed by atoms with Crippen LogP contribution in [0.5, 0.6) is 0 Å². The van der Waals surface area contributed by atoms with Crippen LogP contribution in [0.3, 0.4) is 0 Å². The fourth-order valence-electron chi connectivity index (χ4n) is 5.08. The number of rotatable bonds is 2. The van der Waals surface area contributed by atoms with Crippen molar-refractivity contribution in [2.75, 3.05) is 0 Å². The molecule has 0 N–H and O–H groups in total. The SMILES string of the molecule is C=CC1C2C1C2(C)C#CCC1[C@H]2[C@H](C)CC#CC12C. The Kier molecular flexibility index (Phi) is 2.03. The van der Waals surface area contributed by atoms with Crippen molar-refractivity contribution in [3.05, 3.63) is 12.7 Å². The summed E-state index contributed by atoms with van der Waals surface area (Å²) in [6.45, 7) is 10.9. The van der Waals surface area contributed by atoms with Crippen molar-refractivity contribution in [1.82, 2.24) is 0 Å². The zero-order valence-corrected chi connectivity index (χ0v) is 12.2. The maximum atomic E-state index is 3.89. The summed E-state index contributed by atoms with van der Waals surface area (Å²) >= 11 is 0. The summed E-state index contributed by atoms with van der Waals surface area (Å²) in [5.74, 6) is 18.7. The van der Waals surface area contributed by atoms with Gasteiger partial charge in [-0.15, -0.1) is 18.4 Å². The van der Waals surface area contributed by atoms with Gasteiger partial charge in [-0.05, 0) is 49.4 Å². The van der Waals surface area contributed by atoms with Crippen molar-refractivity contribution in [2.24, 2.45) is 46.3 Å². The van der Waals surface area contributed by atoms with Crippen LogP contribution in [0.4, 0.5) is 0 Å². The summed E-state index contributed by atoms with van der Waals surface area (Å²) in [5.41, 5.74) is 0.639. The van der Waals surface area contributed by atoms with E-state index in [1.165, 1.54) is 0 Å². The van der Waals surface area contributed by atoms with E-state index in [-0.39, 0.29) is 0 Å². The first-order chi connectivity index (χ1) is 9.04. The maximum Gasteiger partial charge on any atom is 0.0361 e. The second-order valence-electron chi connectivity index (χ2n) is 7.55. The fraction of sp³-hybridized carbons (Fsp3) is 0.684. The lowest BCUT2D eigenvalue weighted by atomic mass is 9.91. The van der Waals surface area contributed by atoms with E-state index in [2.05, 4.69) is 57.1 Å². The normalized spacial score (nSPS) is 58.5. The number of hydrogen-bond donors (Lipinski definition) is 0. The van der Waals surface area contributed by atoms with Gasteiger partial charge in [0.05, 0.1) is 0 Å². The van der Waals surface area contributed by atoms with Gasteiger partial charge in [0, 0.05) is 23.7 Å². The zero-order chi connectivity index (χ0) is 13.4. The predicted octanol–water partition coefficient (Wildman–Crippen LogP) is 3.74. The number of hydrogen-bond acceptors (Lipinski definition) is 0. The third-order valence-corrected chi connectivity index (χ3v) is 6.48. The first-order valence-electron chi connectivity index (χ1n) is 7.66. The smallest absolute Gasteiger partial charge is 0.0361 e. The lowest BCUT2D eigenvalue weighted by Crippen LogP contribution is -2.08. The van der Waals surface area contributed by atoms with Crippen LogP contribution < -0.4 is 0 Å². The van der Waals surface area contributed by atoms with Crippen molar-refractivity contribution in [2.45, 2.75) is 33.6 Å². The molecule has 0 nitrogen and oxygen atoms in total. The van der Waals surface area contributed by atoms with Crippen LogP contribution in [-0.2, 0) is 0 Å². The van der Waals surface area contributed by atoms with Gasteiger partial charge in [0.1, 0.15) is 0 Å². The summed E-state index contributed by atoms with van der Waals surface area (Å²) in [5, 5.41) is 0. The lowest BCUT2D eigenvalue weighted by Gasteiger charge is -2.12. The van der Waals surface area contributed by atoms with Gasteiger partial charge in [0.15, 0.2) is 0 Å². The summed E-state index contributed by atoms with van der Waals surface area (Å²) in [7, 11) is 0. The fourth-order valence-corrected chi connectivity index (χ4v) is 5.08. The first-order valence-corrected chi connectivity index (χ1v) is 7.66. The minimum absolute atomic E-state index is 0.295. The summed E-state index contributed by atoms with van der Waals surface area (Å²) in [6, 6.07) is 0. The second kappa shape index (κ2) is 3.30. The van der Waals surface area contributed by atoms with E-state index in [9.17, 15) is 0 Å². The molecule has 98 valence electrons. The van der Waals surface area contributed by atoms with Crippen LogP contribution in [0.25, 0.3) is 0 Å². The van der Waals surface area contributed by atoms with Gasteiger partial charge < -0.3 is 0 Å². The quantitative estimate of drug-likeness (QED) is 0.517. The van der Waals surface area contributed by atoms with E-state index < -0.39 is 0 Å². The first kappa shape index (κ1) is 11.7. The Balaban J connectivity index is 1.39. The molecular weight excluding hydrogens is 228 g/mol. The van der Waals surface area contributed by atoms with E-state index in [1.807, 2.05) is 0 Å². The van der Waals surface area contributed by atoms with E-state index in [0.717, 1.165) is 48.3 Å². The molecule has 19 heavy (non-hydrogen) atoms. The van der Waals surface area contributed by atoms with Gasteiger partial charge in [-0.2, -0.15) is 0 Å². The van der Waals surface area contributed by atoms with Crippen molar-refractivity contribution in [1.29, 1.82) is 0 Å². The molecule has 0 radical (unpaired) electrons. The van der Waals surface area contributed by atoms with Gasteiger partial charge >= 0.3 is 0 Å². The molecule has 0 aliphatic heterocycles. The van der Waals surface area contributed by atoms with Gasteiger partial charge in [0.2, 0.25) is 0 Å². The van der Waals surface area contributed by atoms with Crippen molar-refractivity contribution >= 4 is 0 Å². The summed E-state index contributed by atoms with van der Waals surface area (Å²) in [6.07, 6.45) is 4.27. The van der Waals surface area contributed by atoms with Gasteiger partial charge in [-0.3, -0.25) is 0 Å². The van der Waals surface area contributed by atoms with Crippen LogP contribution in [0.2, 0.25) is 0 Å². The van der Waals surface area contributed by atoms with Crippen molar-refractivity contribution in [3.8, 4) is 23.7 Å². The predicted molar refractivity (Wildman–Crippen MR) is 77.8 cm³/mol. The Morgan fingerprint density at radius 1 is 1.32 bits per heavy atom. The van der Waals surface area contributed by atoms with Crippen LogP contribution in [0.1, 0.15) is 33.6 Å². The van der Waals surface area contributed by atoms with Crippen LogP contribution in [0.15, 0.2) is 12.7 Å². The van der Waals surface area contributed by atoms with Crippen LogP contribution in [0, 0.1) is 70.0 Å². The van der Waals surface area contributed by atoms with Gasteiger partial charge in [-0.1, -0.05) is 24.8 Å². The van der Waals surface area contributed by atoms with Crippen molar-refractivity contribution in [3.63, 3.8) is 0 Å². The zero-order valence-electron chi connectivity index (χ0n) is 12.2. The number of allylic oxidation sites excluding steroid dienone is 1. The monoisotopic (exact) mass is 250 g/mol. The molecular formula is C19H22. The minimum atomic E-state index is 0.295. The summed E-state index contributed by atoms with van der Waals surface area (Å²) < 4.78 is 0. The molecule has 0 aromatic rings. The average Bonchev–Trinajstić information content (AvgIpc) is 3.26. The summed E-state index contributed by atoms with van der Waals surface area (Å²) in [4.78, 5) is 0. The van der Waals surface area contributed by atoms with Gasteiger partial charge in [0.25, 0.3) is 0 Å². The Labute approximate surface area is 117 Å². The molecule has 6 atom stereocenters. The lowest BCUT2D eigenvalue weighted by molar-refractivity contribution is 0.446. The standard InChI is InChI=1S/C19H22/c1-5-13-16-17(13)19(16,4)11-7-9-14-15-12(2)8-6-10-18(14,15)3/h5,12-17H,1,8-9H2,2-4H3/t12-,13?,14?,15-,16?,17?,18?,19?/m1/s1. The highest BCUT2D eigenvalue weighted by Gasteiger charge is 2.79. The minimum Gasteiger partial charge on any atom is -0.103 e. The molecule has 0 heterocycles. The second-order valence-corrected chi connectivity index (χ2v) is 7.55. The van der Waals surface area contributed by atoms with Crippen LogP contribution >= 0.6 is 0 Å². The highest BCUT2D eigenvalue weighted by molar-refractivity contribution is 5.41. The molecule has 0 heteroatoms. The maximum absolute atomic E-state index is 3.89. The van der Waals surface area contributed by atoms with E-state index in [0.29, 0.717) is 10.8 Å². The Morgan fingerprint density at radius 3 is 2.68 bits per heavy atom. The molecule has 4 unspecified atom stereocenters. The Hall–Kier alpha value is -1.14.